The van der Waals surface area contributed by atoms with E-state index in [1.807, 2.05) is 0 Å². The molecule has 0 aliphatic rings. The number of pyridine rings is 1. The zero-order valence-electron chi connectivity index (χ0n) is 9.35. The van der Waals surface area contributed by atoms with E-state index < -0.39 is 4.92 Å². The van der Waals surface area contributed by atoms with Crippen LogP contribution >= 0.6 is 23.2 Å². The van der Waals surface area contributed by atoms with Crippen molar-refractivity contribution in [2.45, 2.75) is 6.92 Å². The van der Waals surface area contributed by atoms with Crippen molar-refractivity contribution >= 4 is 28.9 Å². The highest BCUT2D eigenvalue weighted by atomic mass is 35.5. The Morgan fingerprint density at radius 2 is 2.00 bits per heavy atom. The molecule has 0 saturated carbocycles. The van der Waals surface area contributed by atoms with E-state index in [-0.39, 0.29) is 5.69 Å². The minimum absolute atomic E-state index is 0.0469. The van der Waals surface area contributed by atoms with E-state index in [2.05, 4.69) is 4.98 Å². The highest BCUT2D eigenvalue weighted by Gasteiger charge is 2.13. The summed E-state index contributed by atoms with van der Waals surface area (Å²) in [5.74, 6) is 0. The number of halogens is 2. The SMILES string of the molecule is Cc1cc([N+](=O)[O-])cnc1-c1cc(Cl)ccc1Cl. The van der Waals surface area contributed by atoms with Crippen molar-refractivity contribution < 1.29 is 4.92 Å². The van der Waals surface area contributed by atoms with Crippen molar-refractivity contribution in [2.24, 2.45) is 0 Å². The number of nitrogens with zero attached hydrogens (tertiary/aromatic N) is 2. The number of benzene rings is 1. The highest BCUT2D eigenvalue weighted by molar-refractivity contribution is 6.35. The van der Waals surface area contributed by atoms with Gasteiger partial charge in [-0.15, -0.1) is 0 Å². The van der Waals surface area contributed by atoms with Gasteiger partial charge in [-0.05, 0) is 30.7 Å². The number of aromatic nitrogens is 1. The van der Waals surface area contributed by atoms with Gasteiger partial charge in [0.25, 0.3) is 5.69 Å². The summed E-state index contributed by atoms with van der Waals surface area (Å²) in [5, 5.41) is 11.7. The topological polar surface area (TPSA) is 56.0 Å². The van der Waals surface area contributed by atoms with Gasteiger partial charge in [0, 0.05) is 16.7 Å². The van der Waals surface area contributed by atoms with Crippen LogP contribution < -0.4 is 0 Å². The molecule has 0 atom stereocenters. The van der Waals surface area contributed by atoms with Crippen LogP contribution in [0.15, 0.2) is 30.5 Å². The standard InChI is InChI=1S/C12H8Cl2N2O2/c1-7-4-9(16(17)18)6-15-12(7)10-5-8(13)2-3-11(10)14/h2-6H,1H3. The van der Waals surface area contributed by atoms with Gasteiger partial charge >= 0.3 is 0 Å². The molecule has 0 amide bonds. The smallest absolute Gasteiger partial charge is 0.258 e. The molecule has 1 aromatic heterocycles. The number of nitro groups is 1. The van der Waals surface area contributed by atoms with E-state index in [1.54, 1.807) is 25.1 Å². The Hall–Kier alpha value is -1.65. The van der Waals surface area contributed by atoms with E-state index in [0.717, 1.165) is 0 Å². The molecule has 0 saturated heterocycles. The van der Waals surface area contributed by atoms with Gasteiger partial charge in [0.05, 0.1) is 15.6 Å². The van der Waals surface area contributed by atoms with Gasteiger partial charge in [0.1, 0.15) is 6.20 Å². The third-order valence-corrected chi connectivity index (χ3v) is 3.02. The Morgan fingerprint density at radius 3 is 2.61 bits per heavy atom. The minimum Gasteiger partial charge on any atom is -0.258 e. The van der Waals surface area contributed by atoms with E-state index >= 15 is 0 Å². The Morgan fingerprint density at radius 1 is 1.28 bits per heavy atom. The van der Waals surface area contributed by atoms with Crippen LogP contribution in [0.2, 0.25) is 10.0 Å². The van der Waals surface area contributed by atoms with Gasteiger partial charge in [-0.2, -0.15) is 0 Å². The molecule has 1 aromatic carbocycles. The number of hydrogen-bond acceptors (Lipinski definition) is 3. The van der Waals surface area contributed by atoms with Crippen molar-refractivity contribution in [1.82, 2.24) is 4.98 Å². The number of rotatable bonds is 2. The molecule has 92 valence electrons. The Balaban J connectivity index is 2.58. The van der Waals surface area contributed by atoms with Crippen molar-refractivity contribution in [2.75, 3.05) is 0 Å². The third-order valence-electron chi connectivity index (χ3n) is 2.46. The van der Waals surface area contributed by atoms with E-state index in [1.165, 1.54) is 12.3 Å². The molecular formula is C12H8Cl2N2O2. The molecule has 4 nitrogen and oxygen atoms in total. The lowest BCUT2D eigenvalue weighted by molar-refractivity contribution is -0.385. The van der Waals surface area contributed by atoms with Crippen LogP contribution in [-0.4, -0.2) is 9.91 Å². The lowest BCUT2D eigenvalue weighted by Crippen LogP contribution is -1.94. The summed E-state index contributed by atoms with van der Waals surface area (Å²) in [6, 6.07) is 6.49. The fourth-order valence-corrected chi connectivity index (χ4v) is 2.00. The number of hydrogen-bond donors (Lipinski definition) is 0. The molecule has 6 heteroatoms. The molecule has 0 spiro atoms. The van der Waals surface area contributed by atoms with Gasteiger partial charge in [0.2, 0.25) is 0 Å². The molecule has 18 heavy (non-hydrogen) atoms. The quantitative estimate of drug-likeness (QED) is 0.610. The maximum absolute atomic E-state index is 10.6. The molecule has 0 fully saturated rings. The summed E-state index contributed by atoms with van der Waals surface area (Å²) < 4.78 is 0. The molecule has 0 bridgehead atoms. The van der Waals surface area contributed by atoms with Crippen LogP contribution in [0.5, 0.6) is 0 Å². The molecule has 0 radical (unpaired) electrons. The van der Waals surface area contributed by atoms with Crippen molar-refractivity contribution in [3.63, 3.8) is 0 Å². The fraction of sp³-hybridized carbons (Fsp3) is 0.0833. The summed E-state index contributed by atoms with van der Waals surface area (Å²) in [4.78, 5) is 14.2. The molecule has 0 N–H and O–H groups in total. The Bertz CT molecular complexity index is 629. The highest BCUT2D eigenvalue weighted by Crippen LogP contribution is 2.32. The zero-order valence-corrected chi connectivity index (χ0v) is 10.9. The first kappa shape index (κ1) is 12.8. The fourth-order valence-electron chi connectivity index (χ4n) is 1.62. The second-order valence-electron chi connectivity index (χ2n) is 3.74. The molecular weight excluding hydrogens is 275 g/mol. The summed E-state index contributed by atoms with van der Waals surface area (Å²) in [5.41, 5.74) is 1.88. The van der Waals surface area contributed by atoms with Crippen molar-refractivity contribution in [1.29, 1.82) is 0 Å². The minimum atomic E-state index is -0.483. The Kier molecular flexibility index (Phi) is 3.50. The van der Waals surface area contributed by atoms with Crippen LogP contribution in [0, 0.1) is 17.0 Å². The zero-order chi connectivity index (χ0) is 13.3. The first-order valence-corrected chi connectivity index (χ1v) is 5.81. The molecule has 0 aliphatic heterocycles. The normalized spacial score (nSPS) is 10.4. The van der Waals surface area contributed by atoms with Crippen molar-refractivity contribution in [3.8, 4) is 11.3 Å². The molecule has 0 aliphatic carbocycles. The second kappa shape index (κ2) is 4.92. The van der Waals surface area contributed by atoms with Gasteiger partial charge in [0.15, 0.2) is 0 Å². The summed E-state index contributed by atoms with van der Waals surface area (Å²) in [6.45, 7) is 1.74. The van der Waals surface area contributed by atoms with E-state index in [0.29, 0.717) is 26.9 Å². The summed E-state index contributed by atoms with van der Waals surface area (Å²) in [6.07, 6.45) is 1.21. The van der Waals surface area contributed by atoms with Gasteiger partial charge < -0.3 is 0 Å². The van der Waals surface area contributed by atoms with Crippen LogP contribution in [0.25, 0.3) is 11.3 Å². The maximum atomic E-state index is 10.6. The second-order valence-corrected chi connectivity index (χ2v) is 4.58. The predicted molar refractivity (Wildman–Crippen MR) is 71.1 cm³/mol. The van der Waals surface area contributed by atoms with Crippen LogP contribution in [-0.2, 0) is 0 Å². The number of aryl methyl sites for hydroxylation is 1. The van der Waals surface area contributed by atoms with Crippen LogP contribution in [0.4, 0.5) is 5.69 Å². The van der Waals surface area contributed by atoms with Gasteiger partial charge in [-0.1, -0.05) is 23.2 Å². The van der Waals surface area contributed by atoms with Crippen LogP contribution in [0.1, 0.15) is 5.56 Å². The third kappa shape index (κ3) is 2.44. The molecule has 2 aromatic rings. The average Bonchev–Trinajstić information content (AvgIpc) is 2.32. The largest absolute Gasteiger partial charge is 0.287 e. The Labute approximate surface area is 113 Å². The molecule has 2 rings (SSSR count). The van der Waals surface area contributed by atoms with Gasteiger partial charge in [-0.25, -0.2) is 4.98 Å². The first-order chi connectivity index (χ1) is 8.49. The lowest BCUT2D eigenvalue weighted by Gasteiger charge is -2.07. The molecule has 0 unspecified atom stereocenters. The van der Waals surface area contributed by atoms with E-state index in [9.17, 15) is 10.1 Å². The maximum Gasteiger partial charge on any atom is 0.287 e. The van der Waals surface area contributed by atoms with Crippen molar-refractivity contribution in [3.05, 3.63) is 56.2 Å². The summed E-state index contributed by atoms with van der Waals surface area (Å²) >= 11 is 12.0. The summed E-state index contributed by atoms with van der Waals surface area (Å²) in [7, 11) is 0. The predicted octanol–water partition coefficient (Wildman–Crippen LogP) is 4.27. The average molecular weight is 283 g/mol. The lowest BCUT2D eigenvalue weighted by atomic mass is 10.1. The monoisotopic (exact) mass is 282 g/mol. The van der Waals surface area contributed by atoms with Gasteiger partial charge in [-0.3, -0.25) is 10.1 Å². The first-order valence-electron chi connectivity index (χ1n) is 5.05. The van der Waals surface area contributed by atoms with E-state index in [4.69, 9.17) is 23.2 Å². The molecule has 1 heterocycles. The van der Waals surface area contributed by atoms with Crippen LogP contribution in [0.3, 0.4) is 0 Å².